The summed E-state index contributed by atoms with van der Waals surface area (Å²) >= 11 is 0. The van der Waals surface area contributed by atoms with E-state index >= 15 is 0 Å². The molecule has 0 radical (unpaired) electrons. The molecule has 32 heavy (non-hydrogen) atoms. The van der Waals surface area contributed by atoms with Crippen molar-refractivity contribution >= 4 is 27.6 Å². The molecule has 0 N–H and O–H groups in total. The summed E-state index contributed by atoms with van der Waals surface area (Å²) in [5.41, 5.74) is 4.76. The second-order valence-corrected chi connectivity index (χ2v) is 9.20. The van der Waals surface area contributed by atoms with Gasteiger partial charge >= 0.3 is 5.69 Å². The largest absolute Gasteiger partial charge is 0.372 e. The van der Waals surface area contributed by atoms with E-state index in [-0.39, 0.29) is 5.69 Å². The molecule has 0 bridgehead atoms. The molecule has 0 atom stereocenters. The van der Waals surface area contributed by atoms with Crippen LogP contribution in [0.1, 0.15) is 38.7 Å². The summed E-state index contributed by atoms with van der Waals surface area (Å²) in [5.74, 6) is 0. The number of hydrogen-bond acceptors (Lipinski definition) is 4. The van der Waals surface area contributed by atoms with E-state index in [0.29, 0.717) is 0 Å². The molecule has 0 unspecified atom stereocenters. The molecule has 5 rings (SSSR count). The second kappa shape index (κ2) is 7.52. The number of pyridine rings is 1. The number of imidazole rings is 1. The Hall–Kier alpha value is -3.59. The molecular weight excluding hydrogens is 398 g/mol. The first kappa shape index (κ1) is 20.3. The van der Waals surface area contributed by atoms with Gasteiger partial charge < -0.3 is 4.90 Å². The van der Waals surface area contributed by atoms with E-state index in [1.165, 1.54) is 24.9 Å². The van der Waals surface area contributed by atoms with Crippen LogP contribution in [0.15, 0.2) is 53.5 Å². The zero-order chi connectivity index (χ0) is 22.5. The van der Waals surface area contributed by atoms with Crippen LogP contribution >= 0.6 is 0 Å². The summed E-state index contributed by atoms with van der Waals surface area (Å²) in [6, 6.07) is 16.4. The van der Waals surface area contributed by atoms with E-state index in [9.17, 15) is 10.1 Å². The average molecular weight is 426 g/mol. The fraction of sp³-hybridized carbons (Fsp3) is 0.346. The minimum absolute atomic E-state index is 0.107. The Kier molecular flexibility index (Phi) is 4.78. The minimum atomic E-state index is -0.581. The van der Waals surface area contributed by atoms with Gasteiger partial charge in [0.2, 0.25) is 0 Å². The quantitative estimate of drug-likeness (QED) is 0.478. The molecule has 0 amide bonds. The minimum Gasteiger partial charge on any atom is -0.372 e. The summed E-state index contributed by atoms with van der Waals surface area (Å²) in [6.45, 7) is 5.92. The van der Waals surface area contributed by atoms with Gasteiger partial charge in [0, 0.05) is 31.2 Å². The fourth-order valence-electron chi connectivity index (χ4n) is 4.67. The van der Waals surface area contributed by atoms with Gasteiger partial charge in [-0.2, -0.15) is 5.26 Å². The van der Waals surface area contributed by atoms with Crippen molar-refractivity contribution in [2.24, 2.45) is 7.05 Å². The van der Waals surface area contributed by atoms with Crippen molar-refractivity contribution in [3.63, 3.8) is 0 Å². The molecule has 2 aromatic carbocycles. The highest BCUT2D eigenvalue weighted by Gasteiger charge is 2.21. The van der Waals surface area contributed by atoms with Gasteiger partial charge in [-0.05, 0) is 69.0 Å². The predicted octanol–water partition coefficient (Wildman–Crippen LogP) is 4.67. The summed E-state index contributed by atoms with van der Waals surface area (Å²) in [6.07, 6.45) is 5.49. The van der Waals surface area contributed by atoms with Gasteiger partial charge in [-0.1, -0.05) is 12.1 Å². The number of fused-ring (bicyclic) bond motifs is 3. The van der Waals surface area contributed by atoms with Gasteiger partial charge in [0.15, 0.2) is 0 Å². The lowest BCUT2D eigenvalue weighted by Crippen LogP contribution is -2.29. The monoisotopic (exact) mass is 425 g/mol. The number of nitriles is 1. The van der Waals surface area contributed by atoms with E-state index < -0.39 is 5.41 Å². The smallest absolute Gasteiger partial charge is 0.333 e. The van der Waals surface area contributed by atoms with Gasteiger partial charge in [-0.3, -0.25) is 14.1 Å². The van der Waals surface area contributed by atoms with E-state index in [1.807, 2.05) is 38.1 Å². The van der Waals surface area contributed by atoms with E-state index in [1.54, 1.807) is 22.4 Å². The topological polar surface area (TPSA) is 66.8 Å². The Bertz CT molecular complexity index is 1410. The predicted molar refractivity (Wildman–Crippen MR) is 129 cm³/mol. The first-order valence-electron chi connectivity index (χ1n) is 11.2. The Morgan fingerprint density at radius 2 is 1.69 bits per heavy atom. The van der Waals surface area contributed by atoms with Crippen LogP contribution < -0.4 is 10.6 Å². The van der Waals surface area contributed by atoms with Crippen molar-refractivity contribution in [1.82, 2.24) is 14.1 Å². The Morgan fingerprint density at radius 1 is 1.00 bits per heavy atom. The lowest BCUT2D eigenvalue weighted by Gasteiger charge is -2.29. The fourth-order valence-corrected chi connectivity index (χ4v) is 4.67. The number of aromatic nitrogens is 3. The van der Waals surface area contributed by atoms with Gasteiger partial charge in [0.25, 0.3) is 0 Å². The zero-order valence-corrected chi connectivity index (χ0v) is 18.8. The molecule has 2 aromatic heterocycles. The van der Waals surface area contributed by atoms with Crippen molar-refractivity contribution in [3.8, 4) is 11.8 Å². The molecule has 6 nitrogen and oxygen atoms in total. The number of anilines is 1. The van der Waals surface area contributed by atoms with Crippen molar-refractivity contribution in [2.75, 3.05) is 18.0 Å². The third-order valence-electron chi connectivity index (χ3n) is 6.71. The maximum absolute atomic E-state index is 13.3. The number of aryl methyl sites for hydroxylation is 1. The molecule has 1 saturated heterocycles. The number of rotatable bonds is 3. The first-order valence-corrected chi connectivity index (χ1v) is 11.2. The summed E-state index contributed by atoms with van der Waals surface area (Å²) in [7, 11) is 1.79. The molecule has 0 saturated carbocycles. The van der Waals surface area contributed by atoms with Crippen molar-refractivity contribution in [3.05, 3.63) is 64.7 Å². The Balaban J connectivity index is 1.73. The van der Waals surface area contributed by atoms with Crippen LogP contribution in [-0.4, -0.2) is 27.2 Å². The third kappa shape index (κ3) is 3.16. The molecule has 0 aliphatic carbocycles. The van der Waals surface area contributed by atoms with Gasteiger partial charge in [-0.15, -0.1) is 0 Å². The first-order chi connectivity index (χ1) is 15.4. The van der Waals surface area contributed by atoms with Crippen molar-refractivity contribution in [1.29, 1.82) is 5.26 Å². The normalized spacial score (nSPS) is 14.8. The molecule has 1 aliphatic rings. The molecule has 4 aromatic rings. The van der Waals surface area contributed by atoms with Crippen molar-refractivity contribution < 1.29 is 0 Å². The van der Waals surface area contributed by atoms with Crippen LogP contribution in [0.5, 0.6) is 0 Å². The molecular formula is C26H27N5O. The standard InChI is InChI=1S/C26H27N5O/c1-26(2,17-27)18-7-9-19(10-8-18)31-24-21-15-20(30-13-5-4-6-14-30)11-12-22(21)28-16-23(24)29(3)25(31)32/h7-12,15-16H,4-6,13-14H2,1-3H3. The molecule has 0 spiro atoms. The third-order valence-corrected chi connectivity index (χ3v) is 6.71. The van der Waals surface area contributed by atoms with Crippen LogP contribution in [0.3, 0.4) is 0 Å². The van der Waals surface area contributed by atoms with Crippen LogP contribution in [0.4, 0.5) is 5.69 Å². The average Bonchev–Trinajstić information content (AvgIpc) is 3.09. The maximum Gasteiger partial charge on any atom is 0.333 e. The molecule has 3 heterocycles. The lowest BCUT2D eigenvalue weighted by molar-refractivity contribution is 0.578. The van der Waals surface area contributed by atoms with Gasteiger partial charge in [0.05, 0.1) is 39.9 Å². The number of piperidine rings is 1. The molecule has 6 heteroatoms. The van der Waals surface area contributed by atoms with E-state index in [2.05, 4.69) is 34.2 Å². The summed E-state index contributed by atoms with van der Waals surface area (Å²) in [4.78, 5) is 20.3. The lowest BCUT2D eigenvalue weighted by atomic mass is 9.86. The zero-order valence-electron chi connectivity index (χ0n) is 18.8. The number of nitrogens with zero attached hydrogens (tertiary/aromatic N) is 5. The SMILES string of the molecule is Cn1c(=O)n(-c2ccc(C(C)(C)C#N)cc2)c2c3cc(N4CCCCC4)ccc3ncc21. The number of benzene rings is 2. The van der Waals surface area contributed by atoms with E-state index in [0.717, 1.165) is 46.3 Å². The van der Waals surface area contributed by atoms with Crippen LogP contribution in [-0.2, 0) is 12.5 Å². The highest BCUT2D eigenvalue weighted by molar-refractivity contribution is 6.04. The van der Waals surface area contributed by atoms with Crippen LogP contribution in [0.25, 0.3) is 27.6 Å². The summed E-state index contributed by atoms with van der Waals surface area (Å²) in [5, 5.41) is 10.4. The Morgan fingerprint density at radius 3 is 2.38 bits per heavy atom. The summed E-state index contributed by atoms with van der Waals surface area (Å²) < 4.78 is 3.42. The van der Waals surface area contributed by atoms with Crippen molar-refractivity contribution in [2.45, 2.75) is 38.5 Å². The van der Waals surface area contributed by atoms with Gasteiger partial charge in [0.1, 0.15) is 0 Å². The number of hydrogen-bond donors (Lipinski definition) is 0. The highest BCUT2D eigenvalue weighted by atomic mass is 16.1. The molecule has 1 fully saturated rings. The maximum atomic E-state index is 13.3. The molecule has 1 aliphatic heterocycles. The second-order valence-electron chi connectivity index (χ2n) is 9.20. The van der Waals surface area contributed by atoms with E-state index in [4.69, 9.17) is 0 Å². The van der Waals surface area contributed by atoms with Gasteiger partial charge in [-0.25, -0.2) is 4.79 Å². The van der Waals surface area contributed by atoms with Crippen LogP contribution in [0, 0.1) is 11.3 Å². The highest BCUT2D eigenvalue weighted by Crippen LogP contribution is 2.30. The Labute approximate surface area is 187 Å². The molecule has 162 valence electrons. The van der Waals surface area contributed by atoms with Crippen LogP contribution in [0.2, 0.25) is 0 Å².